The average Bonchev–Trinajstić information content (AvgIpc) is 3.63. The molecule has 1 saturated carbocycles. The van der Waals surface area contributed by atoms with Crippen LogP contribution in [0.25, 0.3) is 33.9 Å². The molecule has 0 bridgehead atoms. The normalized spacial score (nSPS) is 13.9. The monoisotopic (exact) mass is 475 g/mol. The summed E-state index contributed by atoms with van der Waals surface area (Å²) >= 11 is 0. The molecule has 0 unspecified atom stereocenters. The lowest BCUT2D eigenvalue weighted by Gasteiger charge is -2.09. The highest BCUT2D eigenvalue weighted by Crippen LogP contribution is 2.41. The van der Waals surface area contributed by atoms with Gasteiger partial charge in [-0.2, -0.15) is 18.3 Å². The first-order valence-corrected chi connectivity index (χ1v) is 11.1. The second-order valence-corrected chi connectivity index (χ2v) is 8.44. The number of para-hydroxylation sites is 1. The number of halogens is 3. The van der Waals surface area contributed by atoms with Gasteiger partial charge in [-0.3, -0.25) is 14.9 Å². The van der Waals surface area contributed by atoms with E-state index >= 15 is 0 Å². The maximum absolute atomic E-state index is 13.0. The van der Waals surface area contributed by atoms with Crippen LogP contribution in [-0.4, -0.2) is 22.1 Å². The number of nitrogens with one attached hydrogen (secondary N) is 1. The molecule has 35 heavy (non-hydrogen) atoms. The Morgan fingerprint density at radius 3 is 2.46 bits per heavy atom. The second-order valence-electron chi connectivity index (χ2n) is 8.44. The average molecular weight is 475 g/mol. The number of fused-ring (bicyclic) bond motifs is 1. The standard InChI is InChI=1S/C27H20F3N3O2/c28-27(29,30)21-10-8-19(9-11-21)26-23-3-1-2-4-24(23)33(32-26)22-14-17(5-12-25(35)31-16-34)13-20(15-22)18-6-7-18/h1-5,8-16,18H,6-7H2,(H,31,34,35). The van der Waals surface area contributed by atoms with E-state index in [0.29, 0.717) is 23.6 Å². The van der Waals surface area contributed by atoms with Crippen LogP contribution in [0.5, 0.6) is 0 Å². The quantitative estimate of drug-likeness (QED) is 0.280. The van der Waals surface area contributed by atoms with E-state index in [9.17, 15) is 22.8 Å². The molecule has 1 aromatic heterocycles. The third kappa shape index (κ3) is 4.73. The summed E-state index contributed by atoms with van der Waals surface area (Å²) in [5.74, 6) is -0.0883. The molecule has 1 heterocycles. The number of benzene rings is 3. The number of aromatic nitrogens is 2. The second kappa shape index (κ2) is 8.87. The van der Waals surface area contributed by atoms with Crippen molar-refractivity contribution in [1.82, 2.24) is 15.1 Å². The molecule has 8 heteroatoms. The number of rotatable bonds is 6. The Morgan fingerprint density at radius 2 is 1.77 bits per heavy atom. The minimum Gasteiger partial charge on any atom is -0.295 e. The molecule has 1 N–H and O–H groups in total. The SMILES string of the molecule is O=CNC(=O)C=Cc1cc(C2CC2)cc(-n2nc(-c3ccc(C(F)(F)F)cc3)c3ccccc32)c1. The van der Waals surface area contributed by atoms with Gasteiger partial charge in [0, 0.05) is 17.0 Å². The summed E-state index contributed by atoms with van der Waals surface area (Å²) in [6.07, 6.45) is 1.01. The van der Waals surface area contributed by atoms with E-state index in [-0.39, 0.29) is 0 Å². The lowest BCUT2D eigenvalue weighted by molar-refractivity contribution is -0.137. The number of imide groups is 1. The van der Waals surface area contributed by atoms with Gasteiger partial charge in [0.1, 0.15) is 5.69 Å². The molecule has 3 aromatic carbocycles. The van der Waals surface area contributed by atoms with Crippen LogP contribution in [0, 0.1) is 0 Å². The predicted octanol–water partition coefficient (Wildman–Crippen LogP) is 5.87. The van der Waals surface area contributed by atoms with Gasteiger partial charge in [0.25, 0.3) is 0 Å². The van der Waals surface area contributed by atoms with Gasteiger partial charge < -0.3 is 0 Å². The van der Waals surface area contributed by atoms with Gasteiger partial charge in [-0.1, -0.05) is 36.4 Å². The smallest absolute Gasteiger partial charge is 0.295 e. The minimum absolute atomic E-state index is 0.331. The Morgan fingerprint density at radius 1 is 1.03 bits per heavy atom. The molecular formula is C27H20F3N3O2. The maximum atomic E-state index is 13.0. The number of carbonyl (C=O) groups is 2. The van der Waals surface area contributed by atoms with E-state index in [1.54, 1.807) is 10.8 Å². The number of nitrogens with zero attached hydrogens (tertiary/aromatic N) is 2. The van der Waals surface area contributed by atoms with Crippen molar-refractivity contribution < 1.29 is 22.8 Å². The van der Waals surface area contributed by atoms with Gasteiger partial charge >= 0.3 is 6.18 Å². The van der Waals surface area contributed by atoms with Crippen LogP contribution in [0.4, 0.5) is 13.2 Å². The summed E-state index contributed by atoms with van der Waals surface area (Å²) < 4.78 is 40.9. The number of amides is 2. The van der Waals surface area contributed by atoms with Gasteiger partial charge in [0.05, 0.1) is 16.8 Å². The summed E-state index contributed by atoms with van der Waals surface area (Å²) in [5, 5.41) is 7.68. The Bertz CT molecular complexity index is 1450. The topological polar surface area (TPSA) is 64.0 Å². The van der Waals surface area contributed by atoms with Crippen LogP contribution >= 0.6 is 0 Å². The van der Waals surface area contributed by atoms with E-state index in [0.717, 1.165) is 52.7 Å². The lowest BCUT2D eigenvalue weighted by atomic mass is 10.0. The van der Waals surface area contributed by atoms with Gasteiger partial charge in [-0.05, 0) is 66.3 Å². The summed E-state index contributed by atoms with van der Waals surface area (Å²) in [5.41, 5.74) is 3.93. The Kier molecular flexibility index (Phi) is 5.72. The van der Waals surface area contributed by atoms with E-state index in [2.05, 4.69) is 11.4 Å². The van der Waals surface area contributed by atoms with Crippen molar-refractivity contribution in [2.45, 2.75) is 24.9 Å². The summed E-state index contributed by atoms with van der Waals surface area (Å²) in [4.78, 5) is 22.2. The largest absolute Gasteiger partial charge is 0.416 e. The third-order valence-corrected chi connectivity index (χ3v) is 5.96. The van der Waals surface area contributed by atoms with Crippen LogP contribution in [-0.2, 0) is 15.8 Å². The summed E-state index contributed by atoms with van der Waals surface area (Å²) in [6, 6.07) is 18.5. The zero-order valence-electron chi connectivity index (χ0n) is 18.4. The van der Waals surface area contributed by atoms with Crippen molar-refractivity contribution in [2.75, 3.05) is 0 Å². The van der Waals surface area contributed by atoms with Crippen molar-refractivity contribution in [2.24, 2.45) is 0 Å². The molecule has 1 aliphatic rings. The predicted molar refractivity (Wildman–Crippen MR) is 127 cm³/mol. The van der Waals surface area contributed by atoms with E-state index in [4.69, 9.17) is 5.10 Å². The molecule has 5 rings (SSSR count). The Balaban J connectivity index is 1.61. The van der Waals surface area contributed by atoms with Crippen molar-refractivity contribution in [1.29, 1.82) is 0 Å². The number of hydrogen-bond acceptors (Lipinski definition) is 3. The molecule has 176 valence electrons. The molecule has 4 aromatic rings. The first kappa shape index (κ1) is 22.6. The number of alkyl halides is 3. The number of carbonyl (C=O) groups excluding carboxylic acids is 2. The molecule has 5 nitrogen and oxygen atoms in total. The maximum Gasteiger partial charge on any atom is 0.416 e. The van der Waals surface area contributed by atoms with Crippen LogP contribution in [0.2, 0.25) is 0 Å². The first-order valence-electron chi connectivity index (χ1n) is 11.1. The first-order chi connectivity index (χ1) is 16.8. The zero-order valence-corrected chi connectivity index (χ0v) is 18.4. The van der Waals surface area contributed by atoms with E-state index in [1.165, 1.54) is 18.2 Å². The molecule has 0 atom stereocenters. The van der Waals surface area contributed by atoms with Crippen molar-refractivity contribution in [3.05, 3.63) is 89.5 Å². The molecule has 1 aliphatic carbocycles. The van der Waals surface area contributed by atoms with Crippen molar-refractivity contribution in [3.8, 4) is 16.9 Å². The molecule has 1 fully saturated rings. The highest BCUT2D eigenvalue weighted by Gasteiger charge is 2.30. The van der Waals surface area contributed by atoms with Gasteiger partial charge in [0.2, 0.25) is 12.3 Å². The minimum atomic E-state index is -4.41. The molecule has 0 radical (unpaired) electrons. The Hall–Kier alpha value is -4.20. The fourth-order valence-electron chi connectivity index (χ4n) is 4.10. The van der Waals surface area contributed by atoms with Gasteiger partial charge in [-0.15, -0.1) is 0 Å². The van der Waals surface area contributed by atoms with Gasteiger partial charge in [-0.25, -0.2) is 4.68 Å². The number of hydrogen-bond donors (Lipinski definition) is 1. The van der Waals surface area contributed by atoms with Crippen LogP contribution < -0.4 is 5.32 Å². The zero-order chi connectivity index (χ0) is 24.6. The highest BCUT2D eigenvalue weighted by atomic mass is 19.4. The molecule has 0 spiro atoms. The van der Waals surface area contributed by atoms with Gasteiger partial charge in [0.15, 0.2) is 0 Å². The van der Waals surface area contributed by atoms with E-state index in [1.807, 2.05) is 36.4 Å². The van der Waals surface area contributed by atoms with E-state index < -0.39 is 17.6 Å². The highest BCUT2D eigenvalue weighted by molar-refractivity contribution is 5.97. The summed E-state index contributed by atoms with van der Waals surface area (Å²) in [6.45, 7) is 0. The molecule has 0 saturated heterocycles. The van der Waals surface area contributed by atoms with Crippen LogP contribution in [0.1, 0.15) is 35.4 Å². The van der Waals surface area contributed by atoms with Crippen molar-refractivity contribution >= 4 is 29.3 Å². The summed E-state index contributed by atoms with van der Waals surface area (Å²) in [7, 11) is 0. The fourth-order valence-corrected chi connectivity index (χ4v) is 4.10. The molecule has 2 amide bonds. The Labute approximate surface area is 198 Å². The van der Waals surface area contributed by atoms with Crippen LogP contribution in [0.15, 0.2) is 72.8 Å². The van der Waals surface area contributed by atoms with Crippen molar-refractivity contribution in [3.63, 3.8) is 0 Å². The fraction of sp³-hybridized carbons (Fsp3) is 0.148. The molecular weight excluding hydrogens is 455 g/mol. The third-order valence-electron chi connectivity index (χ3n) is 5.96. The van der Waals surface area contributed by atoms with Crippen LogP contribution in [0.3, 0.4) is 0 Å². The molecule has 0 aliphatic heterocycles. The lowest BCUT2D eigenvalue weighted by Crippen LogP contribution is -2.17.